The van der Waals surface area contributed by atoms with Crippen molar-refractivity contribution in [2.75, 3.05) is 13.1 Å². The van der Waals surface area contributed by atoms with Crippen molar-refractivity contribution in [3.63, 3.8) is 0 Å². The molecule has 2 rings (SSSR count). The van der Waals surface area contributed by atoms with Crippen molar-refractivity contribution in [2.45, 2.75) is 18.9 Å². The predicted octanol–water partition coefficient (Wildman–Crippen LogP) is 1.76. The molecule has 1 aliphatic rings. The predicted molar refractivity (Wildman–Crippen MR) is 60.2 cm³/mol. The van der Waals surface area contributed by atoms with Crippen LogP contribution in [0, 0.1) is 11.7 Å². The zero-order valence-electron chi connectivity index (χ0n) is 10.0. The number of hydrogen-bond donors (Lipinski definition) is 1. The van der Waals surface area contributed by atoms with Crippen LogP contribution in [0.15, 0.2) is 18.5 Å². The number of nitrogens with zero attached hydrogens (tertiary/aromatic N) is 2. The Bertz CT molecular complexity index is 482. The molecule has 0 amide bonds. The standard InChI is InChI=1S/C12H13F3N2O2/c13-10-4-16-2-1-8(10)5-17-6-9(11(18)19)3-12(14,15)7-17/h1-2,4,9H,3,5-7H2,(H,18,19). The van der Waals surface area contributed by atoms with Gasteiger partial charge in [-0.3, -0.25) is 14.7 Å². The number of carboxylic acid groups (broad SMARTS) is 1. The molecule has 0 saturated carbocycles. The van der Waals surface area contributed by atoms with E-state index in [0.29, 0.717) is 0 Å². The monoisotopic (exact) mass is 274 g/mol. The average molecular weight is 274 g/mol. The Balaban J connectivity index is 2.11. The number of halogens is 3. The summed E-state index contributed by atoms with van der Waals surface area (Å²) in [5.74, 6) is -6.03. The first kappa shape index (κ1) is 13.8. The lowest BCUT2D eigenvalue weighted by molar-refractivity contribution is -0.153. The van der Waals surface area contributed by atoms with Gasteiger partial charge in [0.2, 0.25) is 0 Å². The van der Waals surface area contributed by atoms with Crippen LogP contribution in [0.2, 0.25) is 0 Å². The summed E-state index contributed by atoms with van der Waals surface area (Å²) in [6.45, 7) is -0.612. The summed E-state index contributed by atoms with van der Waals surface area (Å²) in [4.78, 5) is 15.7. The van der Waals surface area contributed by atoms with Crippen LogP contribution in [0.25, 0.3) is 0 Å². The van der Waals surface area contributed by atoms with Gasteiger partial charge in [0.25, 0.3) is 5.92 Å². The highest BCUT2D eigenvalue weighted by molar-refractivity contribution is 5.70. The first-order valence-electron chi connectivity index (χ1n) is 5.79. The molecule has 0 bridgehead atoms. The summed E-state index contributed by atoms with van der Waals surface area (Å²) in [6.07, 6.45) is 1.71. The molecule has 0 spiro atoms. The van der Waals surface area contributed by atoms with E-state index >= 15 is 0 Å². The van der Waals surface area contributed by atoms with Gasteiger partial charge in [0.05, 0.1) is 18.7 Å². The van der Waals surface area contributed by atoms with E-state index in [1.807, 2.05) is 0 Å². The summed E-state index contributed by atoms with van der Waals surface area (Å²) in [6, 6.07) is 1.40. The molecule has 2 heterocycles. The molecule has 1 aromatic rings. The topological polar surface area (TPSA) is 53.4 Å². The van der Waals surface area contributed by atoms with E-state index in [1.54, 1.807) is 0 Å². The van der Waals surface area contributed by atoms with Crippen molar-refractivity contribution in [1.82, 2.24) is 9.88 Å². The van der Waals surface area contributed by atoms with Gasteiger partial charge >= 0.3 is 5.97 Å². The normalized spacial score (nSPS) is 23.2. The number of pyridine rings is 1. The van der Waals surface area contributed by atoms with Crippen molar-refractivity contribution in [2.24, 2.45) is 5.92 Å². The Morgan fingerprint density at radius 1 is 1.58 bits per heavy atom. The Hall–Kier alpha value is -1.63. The van der Waals surface area contributed by atoms with Crippen LogP contribution in [0.3, 0.4) is 0 Å². The first-order chi connectivity index (χ1) is 8.87. The number of piperidine rings is 1. The van der Waals surface area contributed by atoms with E-state index in [-0.39, 0.29) is 18.7 Å². The Labute approximate surface area is 107 Å². The highest BCUT2D eigenvalue weighted by Crippen LogP contribution is 2.31. The van der Waals surface area contributed by atoms with Gasteiger partial charge in [-0.1, -0.05) is 0 Å². The fourth-order valence-corrected chi connectivity index (χ4v) is 2.25. The third-order valence-electron chi connectivity index (χ3n) is 3.08. The second-order valence-corrected chi connectivity index (χ2v) is 4.73. The van der Waals surface area contributed by atoms with Crippen LogP contribution in [0.4, 0.5) is 13.2 Å². The van der Waals surface area contributed by atoms with Crippen LogP contribution >= 0.6 is 0 Å². The van der Waals surface area contributed by atoms with Crippen LogP contribution in [-0.4, -0.2) is 40.0 Å². The molecule has 1 fully saturated rings. The van der Waals surface area contributed by atoms with Gasteiger partial charge in [0.1, 0.15) is 5.82 Å². The smallest absolute Gasteiger partial charge is 0.308 e. The molecule has 0 aromatic carbocycles. The Kier molecular flexibility index (Phi) is 3.75. The Morgan fingerprint density at radius 3 is 2.95 bits per heavy atom. The molecule has 1 saturated heterocycles. The number of aromatic nitrogens is 1. The number of alkyl halides is 2. The lowest BCUT2D eigenvalue weighted by Crippen LogP contribution is -2.48. The highest BCUT2D eigenvalue weighted by Gasteiger charge is 2.43. The van der Waals surface area contributed by atoms with Crippen LogP contribution in [0.5, 0.6) is 0 Å². The van der Waals surface area contributed by atoms with Gasteiger partial charge in [-0.15, -0.1) is 0 Å². The fourth-order valence-electron chi connectivity index (χ4n) is 2.25. The van der Waals surface area contributed by atoms with Crippen molar-refractivity contribution >= 4 is 5.97 Å². The quantitative estimate of drug-likeness (QED) is 0.912. The van der Waals surface area contributed by atoms with Gasteiger partial charge in [0.15, 0.2) is 0 Å². The van der Waals surface area contributed by atoms with E-state index in [0.717, 1.165) is 6.20 Å². The van der Waals surface area contributed by atoms with Gasteiger partial charge in [-0.2, -0.15) is 0 Å². The molecule has 0 aliphatic carbocycles. The summed E-state index contributed by atoms with van der Waals surface area (Å²) < 4.78 is 40.3. The largest absolute Gasteiger partial charge is 0.481 e. The Morgan fingerprint density at radius 2 is 2.32 bits per heavy atom. The number of carboxylic acids is 1. The summed E-state index contributed by atoms with van der Waals surface area (Å²) >= 11 is 0. The zero-order valence-corrected chi connectivity index (χ0v) is 10.0. The third kappa shape index (κ3) is 3.44. The minimum Gasteiger partial charge on any atom is -0.481 e. The molecule has 19 heavy (non-hydrogen) atoms. The van der Waals surface area contributed by atoms with Crippen molar-refractivity contribution < 1.29 is 23.1 Å². The second kappa shape index (κ2) is 5.16. The maximum Gasteiger partial charge on any atom is 0.308 e. The van der Waals surface area contributed by atoms with E-state index in [1.165, 1.54) is 17.2 Å². The maximum absolute atomic E-state index is 13.5. The van der Waals surface area contributed by atoms with Gasteiger partial charge in [-0.25, -0.2) is 13.2 Å². The molecule has 1 atom stereocenters. The van der Waals surface area contributed by atoms with Gasteiger partial charge in [-0.05, 0) is 6.07 Å². The van der Waals surface area contributed by atoms with E-state index in [4.69, 9.17) is 5.11 Å². The number of carbonyl (C=O) groups is 1. The molecule has 1 aromatic heterocycles. The maximum atomic E-state index is 13.5. The number of rotatable bonds is 3. The average Bonchev–Trinajstić information content (AvgIpc) is 2.30. The zero-order chi connectivity index (χ0) is 14.0. The second-order valence-electron chi connectivity index (χ2n) is 4.73. The minimum absolute atomic E-state index is 0.00726. The highest BCUT2D eigenvalue weighted by atomic mass is 19.3. The fraction of sp³-hybridized carbons (Fsp3) is 0.500. The molecule has 7 heteroatoms. The number of hydrogen-bond acceptors (Lipinski definition) is 3. The summed E-state index contributed by atoms with van der Waals surface area (Å²) in [7, 11) is 0. The summed E-state index contributed by atoms with van der Waals surface area (Å²) in [5, 5.41) is 8.86. The SMILES string of the molecule is O=C(O)C1CN(Cc2ccncc2F)CC(F)(F)C1. The van der Waals surface area contributed by atoms with Crippen LogP contribution in [0.1, 0.15) is 12.0 Å². The lowest BCUT2D eigenvalue weighted by atomic mass is 9.95. The summed E-state index contributed by atoms with van der Waals surface area (Å²) in [5.41, 5.74) is 0.233. The van der Waals surface area contributed by atoms with Gasteiger partial charge < -0.3 is 5.11 Å². The van der Waals surface area contributed by atoms with Crippen molar-refractivity contribution in [1.29, 1.82) is 0 Å². The molecular formula is C12H13F3N2O2. The van der Waals surface area contributed by atoms with Crippen LogP contribution in [-0.2, 0) is 11.3 Å². The minimum atomic E-state index is -3.06. The lowest BCUT2D eigenvalue weighted by Gasteiger charge is -2.35. The molecule has 1 N–H and O–H groups in total. The number of likely N-dealkylation sites (tertiary alicyclic amines) is 1. The molecule has 1 aliphatic heterocycles. The van der Waals surface area contributed by atoms with E-state index in [2.05, 4.69) is 4.98 Å². The molecule has 4 nitrogen and oxygen atoms in total. The molecular weight excluding hydrogens is 261 g/mol. The molecule has 1 unspecified atom stereocenters. The van der Waals surface area contributed by atoms with Crippen molar-refractivity contribution in [3.05, 3.63) is 29.8 Å². The third-order valence-corrected chi connectivity index (χ3v) is 3.08. The van der Waals surface area contributed by atoms with E-state index < -0.39 is 36.6 Å². The van der Waals surface area contributed by atoms with Crippen molar-refractivity contribution in [3.8, 4) is 0 Å². The first-order valence-corrected chi connectivity index (χ1v) is 5.79. The molecule has 104 valence electrons. The number of aliphatic carboxylic acids is 1. The molecule has 0 radical (unpaired) electrons. The van der Waals surface area contributed by atoms with Crippen LogP contribution < -0.4 is 0 Å². The van der Waals surface area contributed by atoms with Gasteiger partial charge in [0, 0.05) is 31.3 Å². The van der Waals surface area contributed by atoms with E-state index in [9.17, 15) is 18.0 Å².